The van der Waals surface area contributed by atoms with Crippen LogP contribution in [0.2, 0.25) is 0 Å². The van der Waals surface area contributed by atoms with Gasteiger partial charge in [0, 0.05) is 16.1 Å². The first-order chi connectivity index (χ1) is 8.10. The Labute approximate surface area is 108 Å². The van der Waals surface area contributed by atoms with Crippen molar-refractivity contribution in [1.29, 1.82) is 0 Å². The molecule has 0 amide bonds. The first kappa shape index (κ1) is 13.3. The van der Waals surface area contributed by atoms with Crippen molar-refractivity contribution in [3.63, 3.8) is 0 Å². The summed E-state index contributed by atoms with van der Waals surface area (Å²) in [5, 5.41) is 0. The molecule has 2 aromatic rings. The molecule has 0 fully saturated rings. The molecule has 0 N–H and O–H groups in total. The predicted molar refractivity (Wildman–Crippen MR) is 65.7 cm³/mol. The Kier molecular flexibility index (Phi) is 2.90. The third-order valence-electron chi connectivity index (χ3n) is 2.35. The van der Waals surface area contributed by atoms with E-state index in [0.29, 0.717) is 5.89 Å². The van der Waals surface area contributed by atoms with Crippen molar-refractivity contribution in [2.75, 3.05) is 0 Å². The van der Waals surface area contributed by atoms with E-state index in [0.717, 1.165) is 6.07 Å². The van der Waals surface area contributed by atoms with E-state index in [9.17, 15) is 12.8 Å². The van der Waals surface area contributed by atoms with Crippen LogP contribution in [0.4, 0.5) is 4.39 Å². The van der Waals surface area contributed by atoms with Crippen LogP contribution >= 0.6 is 10.7 Å². The van der Waals surface area contributed by atoms with Crippen LogP contribution in [0.5, 0.6) is 0 Å². The van der Waals surface area contributed by atoms with Gasteiger partial charge in [0.25, 0.3) is 9.05 Å². The average Bonchev–Trinajstić information content (AvgIpc) is 2.57. The summed E-state index contributed by atoms with van der Waals surface area (Å²) in [7, 11) is 0.982. The lowest BCUT2D eigenvalue weighted by atomic mass is 9.97. The highest BCUT2D eigenvalue weighted by Crippen LogP contribution is 2.32. The molecule has 0 radical (unpaired) electrons. The average molecular weight is 292 g/mol. The van der Waals surface area contributed by atoms with Crippen molar-refractivity contribution in [2.24, 2.45) is 0 Å². The summed E-state index contributed by atoms with van der Waals surface area (Å²) in [6.45, 7) is 5.55. The van der Waals surface area contributed by atoms with E-state index >= 15 is 0 Å². The normalized spacial score (nSPS) is 13.2. The molecule has 0 bridgehead atoms. The molecular formula is C11H11ClFNO3S. The zero-order valence-corrected chi connectivity index (χ0v) is 11.6. The van der Waals surface area contributed by atoms with Crippen LogP contribution in [0.3, 0.4) is 0 Å². The van der Waals surface area contributed by atoms with Crippen LogP contribution in [-0.4, -0.2) is 13.4 Å². The van der Waals surface area contributed by atoms with Crippen molar-refractivity contribution in [1.82, 2.24) is 4.98 Å². The fourth-order valence-corrected chi connectivity index (χ4v) is 2.59. The van der Waals surface area contributed by atoms with E-state index in [-0.39, 0.29) is 11.1 Å². The summed E-state index contributed by atoms with van der Waals surface area (Å²) in [4.78, 5) is 3.48. The number of benzene rings is 1. The van der Waals surface area contributed by atoms with E-state index in [1.807, 2.05) is 20.8 Å². The maximum Gasteiger partial charge on any atom is 0.268 e. The number of rotatable bonds is 1. The minimum absolute atomic E-state index is 0.144. The Morgan fingerprint density at radius 2 is 1.94 bits per heavy atom. The number of oxazole rings is 1. The molecule has 4 nitrogen and oxygen atoms in total. The van der Waals surface area contributed by atoms with Gasteiger partial charge in [-0.1, -0.05) is 20.8 Å². The Morgan fingerprint density at radius 1 is 1.33 bits per heavy atom. The van der Waals surface area contributed by atoms with Gasteiger partial charge in [-0.05, 0) is 12.1 Å². The molecule has 2 rings (SSSR count). The molecule has 0 aliphatic heterocycles. The second kappa shape index (κ2) is 3.93. The third-order valence-corrected chi connectivity index (χ3v) is 3.68. The van der Waals surface area contributed by atoms with Crippen LogP contribution < -0.4 is 0 Å². The molecule has 18 heavy (non-hydrogen) atoms. The Morgan fingerprint density at radius 3 is 2.44 bits per heavy atom. The van der Waals surface area contributed by atoms with Crippen LogP contribution in [0.1, 0.15) is 26.7 Å². The van der Waals surface area contributed by atoms with Gasteiger partial charge in [-0.3, -0.25) is 0 Å². The summed E-state index contributed by atoms with van der Waals surface area (Å²) in [5.74, 6) is -0.626. The molecule has 1 aromatic heterocycles. The van der Waals surface area contributed by atoms with E-state index in [1.165, 1.54) is 6.07 Å². The van der Waals surface area contributed by atoms with Crippen LogP contribution in [-0.2, 0) is 14.5 Å². The molecule has 0 spiro atoms. The fourth-order valence-electron chi connectivity index (χ4n) is 1.49. The maximum absolute atomic E-state index is 13.6. The molecule has 1 aromatic carbocycles. The Balaban J connectivity index is 2.87. The maximum atomic E-state index is 13.6. The number of halogens is 2. The Bertz CT molecular complexity index is 716. The summed E-state index contributed by atoms with van der Waals surface area (Å²) in [6.07, 6.45) is 0. The lowest BCUT2D eigenvalue weighted by Crippen LogP contribution is -2.10. The van der Waals surface area contributed by atoms with Gasteiger partial charge < -0.3 is 4.42 Å². The second-order valence-corrected chi connectivity index (χ2v) is 7.43. The van der Waals surface area contributed by atoms with E-state index < -0.39 is 25.2 Å². The van der Waals surface area contributed by atoms with Gasteiger partial charge in [-0.15, -0.1) is 0 Å². The lowest BCUT2D eigenvalue weighted by Gasteiger charge is -2.11. The largest absolute Gasteiger partial charge is 0.439 e. The molecule has 7 heteroatoms. The molecule has 1 heterocycles. The van der Waals surface area contributed by atoms with Gasteiger partial charge >= 0.3 is 0 Å². The highest BCUT2D eigenvalue weighted by Gasteiger charge is 2.27. The van der Waals surface area contributed by atoms with E-state index in [4.69, 9.17) is 15.1 Å². The zero-order valence-electron chi connectivity index (χ0n) is 9.99. The van der Waals surface area contributed by atoms with Crippen molar-refractivity contribution < 1.29 is 17.2 Å². The molecule has 98 valence electrons. The number of nitrogens with zero attached hydrogens (tertiary/aromatic N) is 1. The monoisotopic (exact) mass is 291 g/mol. The van der Waals surface area contributed by atoms with Crippen molar-refractivity contribution in [3.05, 3.63) is 23.8 Å². The van der Waals surface area contributed by atoms with Gasteiger partial charge in [0.15, 0.2) is 10.5 Å². The smallest absolute Gasteiger partial charge is 0.268 e. The lowest BCUT2D eigenvalue weighted by molar-refractivity contribution is 0.407. The molecule has 0 aliphatic carbocycles. The molecule has 0 aliphatic rings. The van der Waals surface area contributed by atoms with Crippen LogP contribution in [0, 0.1) is 5.82 Å². The van der Waals surface area contributed by atoms with Gasteiger partial charge in [0.05, 0.1) is 0 Å². The molecule has 0 saturated carbocycles. The van der Waals surface area contributed by atoms with E-state index in [2.05, 4.69) is 4.98 Å². The van der Waals surface area contributed by atoms with Crippen molar-refractivity contribution in [3.8, 4) is 0 Å². The predicted octanol–water partition coefficient (Wildman–Crippen LogP) is 3.19. The van der Waals surface area contributed by atoms with Gasteiger partial charge in [-0.2, -0.15) is 0 Å². The molecule has 0 saturated heterocycles. The molecule has 0 unspecified atom stereocenters. The topological polar surface area (TPSA) is 60.2 Å². The minimum Gasteiger partial charge on any atom is -0.439 e. The number of hydrogen-bond acceptors (Lipinski definition) is 4. The van der Waals surface area contributed by atoms with E-state index in [1.54, 1.807) is 0 Å². The molecule has 0 atom stereocenters. The number of aromatic nitrogens is 1. The fraction of sp³-hybridized carbons (Fsp3) is 0.364. The Hall–Kier alpha value is -1.14. The first-order valence-electron chi connectivity index (χ1n) is 5.15. The van der Waals surface area contributed by atoms with Gasteiger partial charge in [-0.25, -0.2) is 17.8 Å². The van der Waals surface area contributed by atoms with Crippen LogP contribution in [0.15, 0.2) is 21.4 Å². The summed E-state index contributed by atoms with van der Waals surface area (Å²) < 4.78 is 41.7. The second-order valence-electron chi connectivity index (χ2n) is 4.93. The third kappa shape index (κ3) is 2.22. The number of hydrogen-bond donors (Lipinski definition) is 0. The first-order valence-corrected chi connectivity index (χ1v) is 7.46. The summed E-state index contributed by atoms with van der Waals surface area (Å²) in [5.41, 5.74) is -0.293. The van der Waals surface area contributed by atoms with Gasteiger partial charge in [0.2, 0.25) is 5.89 Å². The molecular weight excluding hydrogens is 281 g/mol. The highest BCUT2D eigenvalue weighted by atomic mass is 35.7. The number of fused-ring (bicyclic) bond motifs is 1. The highest BCUT2D eigenvalue weighted by molar-refractivity contribution is 8.14. The quantitative estimate of drug-likeness (QED) is 0.757. The van der Waals surface area contributed by atoms with Crippen LogP contribution in [0.25, 0.3) is 11.1 Å². The standard InChI is InChI=1S/C11H11ClFNO3S/c1-11(2,3)10-14-7-5-4-6(13)9(8(7)17-10)18(12,15)16/h4-5H,1-3H3. The zero-order chi connectivity index (χ0) is 13.7. The van der Waals surface area contributed by atoms with Crippen molar-refractivity contribution >= 4 is 30.8 Å². The minimum atomic E-state index is -4.23. The van der Waals surface area contributed by atoms with Gasteiger partial charge in [0.1, 0.15) is 11.3 Å². The summed E-state index contributed by atoms with van der Waals surface area (Å²) >= 11 is 0. The SMILES string of the molecule is CC(C)(C)c1nc2ccc(F)c(S(=O)(=O)Cl)c2o1. The summed E-state index contributed by atoms with van der Waals surface area (Å²) in [6, 6.07) is 2.36. The van der Waals surface area contributed by atoms with Crippen molar-refractivity contribution in [2.45, 2.75) is 31.1 Å².